The molecule has 3 heteroatoms. The number of benzene rings is 1. The molecule has 1 rings (SSSR count). The summed E-state index contributed by atoms with van der Waals surface area (Å²) in [7, 11) is 0. The Morgan fingerprint density at radius 3 is 2.29 bits per heavy atom. The Balaban J connectivity index is 2.38. The van der Waals surface area contributed by atoms with E-state index < -0.39 is 0 Å². The second kappa shape index (κ2) is 11.4. The molecular formula is C18H31NO2. The fraction of sp³-hybridized carbons (Fsp3) is 0.667. The Kier molecular flexibility index (Phi) is 9.71. The minimum absolute atomic E-state index is 0.666. The van der Waals surface area contributed by atoms with Gasteiger partial charge in [0.2, 0.25) is 0 Å². The highest BCUT2D eigenvalue weighted by Gasteiger charge is 2.09. The first kappa shape index (κ1) is 17.8. The third kappa shape index (κ3) is 7.37. The van der Waals surface area contributed by atoms with Crippen LogP contribution >= 0.6 is 0 Å². The Morgan fingerprint density at radius 2 is 1.67 bits per heavy atom. The first-order valence-electron chi connectivity index (χ1n) is 8.37. The van der Waals surface area contributed by atoms with Gasteiger partial charge in [-0.25, -0.2) is 0 Å². The van der Waals surface area contributed by atoms with Crippen molar-refractivity contribution in [3.63, 3.8) is 0 Å². The van der Waals surface area contributed by atoms with Gasteiger partial charge in [-0.15, -0.1) is 0 Å². The molecule has 0 spiro atoms. The molecule has 1 unspecified atom stereocenters. The highest BCUT2D eigenvalue weighted by Crippen LogP contribution is 2.26. The van der Waals surface area contributed by atoms with Gasteiger partial charge >= 0.3 is 0 Å². The molecule has 0 aliphatic carbocycles. The van der Waals surface area contributed by atoms with E-state index >= 15 is 0 Å². The molecule has 3 nitrogen and oxygen atoms in total. The van der Waals surface area contributed by atoms with Crippen LogP contribution in [-0.2, 0) is 0 Å². The minimum atomic E-state index is 0.666. The average Bonchev–Trinajstić information content (AvgIpc) is 2.49. The molecule has 0 aliphatic heterocycles. The molecule has 0 amide bonds. The van der Waals surface area contributed by atoms with Crippen LogP contribution in [0.4, 0.5) is 0 Å². The lowest BCUT2D eigenvalue weighted by Crippen LogP contribution is -2.24. The summed E-state index contributed by atoms with van der Waals surface area (Å²) in [5.74, 6) is 2.40. The largest absolute Gasteiger partial charge is 0.490 e. The van der Waals surface area contributed by atoms with Crippen molar-refractivity contribution in [2.24, 2.45) is 5.92 Å². The zero-order chi connectivity index (χ0) is 15.3. The number of rotatable bonds is 12. The Bertz CT molecular complexity index is 368. The molecule has 0 heterocycles. The molecule has 0 aromatic heterocycles. The molecule has 120 valence electrons. The van der Waals surface area contributed by atoms with Gasteiger partial charge < -0.3 is 14.8 Å². The van der Waals surface area contributed by atoms with Gasteiger partial charge in [0.25, 0.3) is 0 Å². The predicted octanol–water partition coefficient (Wildman–Crippen LogP) is 4.27. The van der Waals surface area contributed by atoms with E-state index in [0.717, 1.165) is 37.6 Å². The van der Waals surface area contributed by atoms with Crippen LogP contribution in [0.1, 0.15) is 46.5 Å². The molecule has 1 aromatic rings. The van der Waals surface area contributed by atoms with E-state index in [2.05, 4.69) is 19.2 Å². The summed E-state index contributed by atoms with van der Waals surface area (Å²) in [6, 6.07) is 7.91. The Labute approximate surface area is 130 Å². The Morgan fingerprint density at radius 1 is 0.952 bits per heavy atom. The first-order valence-corrected chi connectivity index (χ1v) is 8.37. The fourth-order valence-corrected chi connectivity index (χ4v) is 2.42. The fourth-order valence-electron chi connectivity index (χ4n) is 2.42. The second-order valence-electron chi connectivity index (χ2n) is 5.38. The van der Waals surface area contributed by atoms with Crippen molar-refractivity contribution in [3.05, 3.63) is 24.3 Å². The third-order valence-corrected chi connectivity index (χ3v) is 3.49. The van der Waals surface area contributed by atoms with E-state index in [0.29, 0.717) is 12.5 Å². The maximum Gasteiger partial charge on any atom is 0.161 e. The van der Waals surface area contributed by atoms with Gasteiger partial charge in [0, 0.05) is 0 Å². The van der Waals surface area contributed by atoms with E-state index in [9.17, 15) is 0 Å². The number of para-hydroxylation sites is 2. The minimum Gasteiger partial charge on any atom is -0.490 e. The lowest BCUT2D eigenvalue weighted by Gasteiger charge is -2.18. The normalized spacial score (nSPS) is 12.1. The van der Waals surface area contributed by atoms with Gasteiger partial charge in [0.05, 0.1) is 13.2 Å². The van der Waals surface area contributed by atoms with E-state index in [1.807, 2.05) is 31.2 Å². The molecule has 0 aliphatic rings. The van der Waals surface area contributed by atoms with Crippen molar-refractivity contribution in [1.82, 2.24) is 5.32 Å². The molecule has 0 saturated carbocycles. The van der Waals surface area contributed by atoms with Crippen molar-refractivity contribution in [2.75, 3.05) is 26.3 Å². The lowest BCUT2D eigenvalue weighted by molar-refractivity contribution is 0.248. The first-order chi connectivity index (χ1) is 10.3. The van der Waals surface area contributed by atoms with E-state index in [1.165, 1.54) is 19.3 Å². The van der Waals surface area contributed by atoms with Gasteiger partial charge in [-0.2, -0.15) is 0 Å². The van der Waals surface area contributed by atoms with Crippen molar-refractivity contribution in [1.29, 1.82) is 0 Å². The quantitative estimate of drug-likeness (QED) is 0.584. The molecule has 0 saturated heterocycles. The maximum absolute atomic E-state index is 5.92. The molecule has 1 N–H and O–H groups in total. The summed E-state index contributed by atoms with van der Waals surface area (Å²) in [6.07, 6.45) is 4.77. The molecule has 0 bridgehead atoms. The zero-order valence-corrected chi connectivity index (χ0v) is 13.9. The molecule has 0 fully saturated rings. The van der Waals surface area contributed by atoms with E-state index in [-0.39, 0.29) is 0 Å². The second-order valence-corrected chi connectivity index (χ2v) is 5.38. The standard InChI is InChI=1S/C18H31NO2/c1-4-9-16(15-19-13-5-2)12-14-21-18-11-8-7-10-17(18)20-6-3/h7-8,10-11,16,19H,4-6,9,12-15H2,1-3H3. The van der Waals surface area contributed by atoms with Crippen LogP contribution in [0.3, 0.4) is 0 Å². The van der Waals surface area contributed by atoms with Crippen LogP contribution in [0.25, 0.3) is 0 Å². The summed E-state index contributed by atoms with van der Waals surface area (Å²) >= 11 is 0. The summed E-state index contributed by atoms with van der Waals surface area (Å²) in [6.45, 7) is 10.1. The van der Waals surface area contributed by atoms with Crippen molar-refractivity contribution in [3.8, 4) is 11.5 Å². The monoisotopic (exact) mass is 293 g/mol. The van der Waals surface area contributed by atoms with Gasteiger partial charge in [-0.05, 0) is 57.3 Å². The zero-order valence-electron chi connectivity index (χ0n) is 13.9. The summed E-state index contributed by atoms with van der Waals surface area (Å²) < 4.78 is 11.5. The number of hydrogen-bond donors (Lipinski definition) is 1. The summed E-state index contributed by atoms with van der Waals surface area (Å²) in [4.78, 5) is 0. The number of nitrogens with one attached hydrogen (secondary N) is 1. The highest BCUT2D eigenvalue weighted by molar-refractivity contribution is 5.39. The van der Waals surface area contributed by atoms with Crippen LogP contribution in [-0.4, -0.2) is 26.3 Å². The van der Waals surface area contributed by atoms with E-state index in [4.69, 9.17) is 9.47 Å². The lowest BCUT2D eigenvalue weighted by atomic mass is 10.0. The smallest absolute Gasteiger partial charge is 0.161 e. The topological polar surface area (TPSA) is 30.5 Å². The number of hydrogen-bond acceptors (Lipinski definition) is 3. The molecular weight excluding hydrogens is 262 g/mol. The molecule has 0 radical (unpaired) electrons. The van der Waals surface area contributed by atoms with Crippen LogP contribution in [0, 0.1) is 5.92 Å². The van der Waals surface area contributed by atoms with Crippen molar-refractivity contribution >= 4 is 0 Å². The van der Waals surface area contributed by atoms with Crippen LogP contribution in [0.15, 0.2) is 24.3 Å². The van der Waals surface area contributed by atoms with Crippen LogP contribution < -0.4 is 14.8 Å². The van der Waals surface area contributed by atoms with Gasteiger partial charge in [0.1, 0.15) is 0 Å². The van der Waals surface area contributed by atoms with E-state index in [1.54, 1.807) is 0 Å². The SMILES string of the molecule is CCCNCC(CCC)CCOc1ccccc1OCC. The van der Waals surface area contributed by atoms with Crippen molar-refractivity contribution < 1.29 is 9.47 Å². The predicted molar refractivity (Wildman–Crippen MR) is 89.3 cm³/mol. The summed E-state index contributed by atoms with van der Waals surface area (Å²) in [5.41, 5.74) is 0. The number of ether oxygens (including phenoxy) is 2. The average molecular weight is 293 g/mol. The van der Waals surface area contributed by atoms with Crippen LogP contribution in [0.5, 0.6) is 11.5 Å². The Hall–Kier alpha value is -1.22. The molecule has 1 atom stereocenters. The maximum atomic E-state index is 5.92. The van der Waals surface area contributed by atoms with Crippen molar-refractivity contribution in [2.45, 2.75) is 46.5 Å². The summed E-state index contributed by atoms with van der Waals surface area (Å²) in [5, 5.41) is 3.52. The van der Waals surface area contributed by atoms with Crippen LogP contribution in [0.2, 0.25) is 0 Å². The molecule has 1 aromatic carbocycles. The van der Waals surface area contributed by atoms with Gasteiger partial charge in [0.15, 0.2) is 11.5 Å². The van der Waals surface area contributed by atoms with Gasteiger partial charge in [-0.1, -0.05) is 32.4 Å². The molecule has 21 heavy (non-hydrogen) atoms. The van der Waals surface area contributed by atoms with Gasteiger partial charge in [-0.3, -0.25) is 0 Å². The highest BCUT2D eigenvalue weighted by atomic mass is 16.5. The third-order valence-electron chi connectivity index (χ3n) is 3.49.